The first-order valence-electron chi connectivity index (χ1n) is 10.4. The number of halogens is 1. The largest absolute Gasteiger partial charge is 0.487 e. The van der Waals surface area contributed by atoms with Crippen molar-refractivity contribution < 1.29 is 13.2 Å². The topological polar surface area (TPSA) is 81.5 Å². The normalized spacial score (nSPS) is 13.5. The molecule has 1 aliphatic rings. The molecule has 7 nitrogen and oxygen atoms in total. The van der Waals surface area contributed by atoms with Crippen molar-refractivity contribution >= 4 is 33.4 Å². The average Bonchev–Trinajstić information content (AvgIpc) is 2.78. The predicted octanol–water partition coefficient (Wildman–Crippen LogP) is 3.81. The lowest BCUT2D eigenvalue weighted by molar-refractivity contribution is 0.300. The second-order valence-electron chi connectivity index (χ2n) is 8.01. The van der Waals surface area contributed by atoms with Crippen LogP contribution in [0.2, 0.25) is 5.02 Å². The Bertz CT molecular complexity index is 1370. The van der Waals surface area contributed by atoms with E-state index in [9.17, 15) is 13.2 Å². The molecule has 0 aliphatic heterocycles. The molecule has 3 aromatic rings. The first-order valence-corrected chi connectivity index (χ1v) is 12.6. The fraction of sp³-hybridized carbons (Fsp3) is 0.250. The number of fused-ring (bicyclic) bond motifs is 1. The molecule has 33 heavy (non-hydrogen) atoms. The Morgan fingerprint density at radius 2 is 1.97 bits per heavy atom. The molecule has 0 bridgehead atoms. The van der Waals surface area contributed by atoms with Crippen molar-refractivity contribution in [1.82, 2.24) is 13.9 Å². The Labute approximate surface area is 198 Å². The molecule has 0 saturated heterocycles. The third-order valence-electron chi connectivity index (χ3n) is 5.53. The van der Waals surface area contributed by atoms with E-state index in [2.05, 4.69) is 4.98 Å². The average molecular weight is 486 g/mol. The Balaban J connectivity index is 1.48. The summed E-state index contributed by atoms with van der Waals surface area (Å²) in [6.45, 7) is 0.572. The highest BCUT2D eigenvalue weighted by Gasteiger charge is 2.16. The summed E-state index contributed by atoms with van der Waals surface area (Å²) in [4.78, 5) is 16.9. The van der Waals surface area contributed by atoms with Crippen LogP contribution in [-0.2, 0) is 29.6 Å². The van der Waals surface area contributed by atoms with E-state index in [0.29, 0.717) is 23.7 Å². The number of pyridine rings is 2. The number of aromatic nitrogens is 2. The van der Waals surface area contributed by atoms with Crippen LogP contribution in [0, 0.1) is 0 Å². The van der Waals surface area contributed by atoms with Crippen molar-refractivity contribution in [2.75, 3.05) is 13.3 Å². The molecule has 1 aromatic carbocycles. The number of ether oxygens (including phenoxy) is 1. The second-order valence-corrected chi connectivity index (χ2v) is 10.5. The molecule has 4 rings (SSSR count). The van der Waals surface area contributed by atoms with Gasteiger partial charge in [-0.3, -0.25) is 14.3 Å². The van der Waals surface area contributed by atoms with Crippen molar-refractivity contribution in [1.29, 1.82) is 0 Å². The maximum Gasteiger partial charge on any atom is 0.258 e. The fourth-order valence-corrected chi connectivity index (χ4v) is 4.13. The van der Waals surface area contributed by atoms with E-state index in [0.717, 1.165) is 34.5 Å². The van der Waals surface area contributed by atoms with Crippen molar-refractivity contribution in [3.8, 4) is 5.75 Å². The monoisotopic (exact) mass is 485 g/mol. The van der Waals surface area contributed by atoms with Gasteiger partial charge in [0, 0.05) is 37.7 Å². The van der Waals surface area contributed by atoms with Gasteiger partial charge >= 0.3 is 0 Å². The van der Waals surface area contributed by atoms with Gasteiger partial charge in [0.15, 0.2) is 0 Å². The summed E-state index contributed by atoms with van der Waals surface area (Å²) in [6, 6.07) is 12.7. The standard InChI is InChI=1S/C24H24ClN3O4S/c1-27(33(2,30)31)15-17-3-4-19-12-22(8-5-18(19)11-17)28-10-9-23(13-24(28)29)32-16-21-7-6-20(25)14-26-21/h3-4,6-7,9-14H,5,8,15-16H2,1-2H3. The van der Waals surface area contributed by atoms with Gasteiger partial charge in [0.25, 0.3) is 5.56 Å². The van der Waals surface area contributed by atoms with E-state index in [-0.39, 0.29) is 12.2 Å². The lowest BCUT2D eigenvalue weighted by atomic mass is 9.93. The Hall–Kier alpha value is -2.94. The van der Waals surface area contributed by atoms with Gasteiger partial charge in [0.2, 0.25) is 10.0 Å². The van der Waals surface area contributed by atoms with Gasteiger partial charge in [-0.1, -0.05) is 29.8 Å². The zero-order chi connectivity index (χ0) is 23.6. The van der Waals surface area contributed by atoms with Gasteiger partial charge in [0.05, 0.1) is 17.0 Å². The van der Waals surface area contributed by atoms with E-state index in [1.165, 1.54) is 16.6 Å². The molecule has 9 heteroatoms. The maximum atomic E-state index is 12.7. The minimum atomic E-state index is -3.23. The number of sulfonamides is 1. The molecule has 0 radical (unpaired) electrons. The first kappa shape index (κ1) is 23.2. The number of allylic oxidation sites excluding steroid dienone is 1. The molecule has 0 spiro atoms. The number of nitrogens with zero attached hydrogens (tertiary/aromatic N) is 3. The quantitative estimate of drug-likeness (QED) is 0.508. The van der Waals surface area contributed by atoms with Crippen LogP contribution in [0.25, 0.3) is 11.8 Å². The van der Waals surface area contributed by atoms with Crippen LogP contribution in [0.15, 0.2) is 59.7 Å². The third kappa shape index (κ3) is 5.71. The third-order valence-corrected chi connectivity index (χ3v) is 7.01. The maximum absolute atomic E-state index is 12.7. The molecule has 1 aliphatic carbocycles. The van der Waals surface area contributed by atoms with Crippen LogP contribution < -0.4 is 10.3 Å². The molecule has 0 N–H and O–H groups in total. The highest BCUT2D eigenvalue weighted by atomic mass is 35.5. The minimum Gasteiger partial charge on any atom is -0.487 e. The summed E-state index contributed by atoms with van der Waals surface area (Å²) < 4.78 is 32.0. The Kier molecular flexibility index (Phi) is 6.69. The summed E-state index contributed by atoms with van der Waals surface area (Å²) in [5.74, 6) is 0.476. The molecule has 0 amide bonds. The number of benzene rings is 1. The van der Waals surface area contributed by atoms with Crippen LogP contribution in [-0.4, -0.2) is 35.6 Å². The van der Waals surface area contributed by atoms with E-state index in [4.69, 9.17) is 16.3 Å². The Morgan fingerprint density at radius 1 is 1.15 bits per heavy atom. The first-order chi connectivity index (χ1) is 15.7. The molecular formula is C24H24ClN3O4S. The fourth-order valence-electron chi connectivity index (χ4n) is 3.63. The van der Waals surface area contributed by atoms with Gasteiger partial charge in [-0.15, -0.1) is 0 Å². The van der Waals surface area contributed by atoms with Crippen LogP contribution >= 0.6 is 11.6 Å². The summed E-state index contributed by atoms with van der Waals surface area (Å²) in [5.41, 5.74) is 4.56. The number of hydrogen-bond acceptors (Lipinski definition) is 5. The van der Waals surface area contributed by atoms with Gasteiger partial charge in [-0.05, 0) is 53.8 Å². The SMILES string of the molecule is CN(Cc1ccc2c(c1)CCC(n1ccc(OCc3ccc(Cl)cn3)cc1=O)=C2)S(C)(=O)=O. The van der Waals surface area contributed by atoms with Gasteiger partial charge in [-0.2, -0.15) is 0 Å². The molecule has 2 aromatic heterocycles. The van der Waals surface area contributed by atoms with Gasteiger partial charge in [0.1, 0.15) is 12.4 Å². The van der Waals surface area contributed by atoms with Crippen LogP contribution in [0.1, 0.15) is 28.8 Å². The lowest BCUT2D eigenvalue weighted by Gasteiger charge is -2.20. The van der Waals surface area contributed by atoms with Crippen molar-refractivity contribution in [3.05, 3.63) is 92.6 Å². The van der Waals surface area contributed by atoms with Crippen molar-refractivity contribution in [3.63, 3.8) is 0 Å². The zero-order valence-electron chi connectivity index (χ0n) is 18.4. The summed E-state index contributed by atoms with van der Waals surface area (Å²) >= 11 is 5.84. The van der Waals surface area contributed by atoms with E-state index in [1.54, 1.807) is 42.2 Å². The molecule has 172 valence electrons. The minimum absolute atomic E-state index is 0.169. The molecule has 0 atom stereocenters. The van der Waals surface area contributed by atoms with Crippen LogP contribution in [0.4, 0.5) is 0 Å². The van der Waals surface area contributed by atoms with Crippen molar-refractivity contribution in [2.24, 2.45) is 0 Å². The molecule has 0 fully saturated rings. The van der Waals surface area contributed by atoms with E-state index >= 15 is 0 Å². The number of rotatable bonds is 7. The van der Waals surface area contributed by atoms with E-state index in [1.807, 2.05) is 24.3 Å². The van der Waals surface area contributed by atoms with Crippen LogP contribution in [0.3, 0.4) is 0 Å². The number of aryl methyl sites for hydroxylation is 1. The van der Waals surface area contributed by atoms with Gasteiger partial charge < -0.3 is 4.74 Å². The lowest BCUT2D eigenvalue weighted by Crippen LogP contribution is -2.25. The molecule has 0 unspecified atom stereocenters. The molecule has 2 heterocycles. The molecule has 0 saturated carbocycles. The number of hydrogen-bond donors (Lipinski definition) is 0. The zero-order valence-corrected chi connectivity index (χ0v) is 19.9. The second kappa shape index (κ2) is 9.51. The van der Waals surface area contributed by atoms with Crippen LogP contribution in [0.5, 0.6) is 5.75 Å². The predicted molar refractivity (Wildman–Crippen MR) is 130 cm³/mol. The molecular weight excluding hydrogens is 462 g/mol. The highest BCUT2D eigenvalue weighted by molar-refractivity contribution is 7.88. The summed E-state index contributed by atoms with van der Waals surface area (Å²) in [7, 11) is -1.66. The summed E-state index contributed by atoms with van der Waals surface area (Å²) in [5, 5.41) is 0.557. The van der Waals surface area contributed by atoms with Gasteiger partial charge in [-0.25, -0.2) is 12.7 Å². The smallest absolute Gasteiger partial charge is 0.258 e. The highest BCUT2D eigenvalue weighted by Crippen LogP contribution is 2.27. The Morgan fingerprint density at radius 3 is 2.67 bits per heavy atom. The van der Waals surface area contributed by atoms with Crippen molar-refractivity contribution in [2.45, 2.75) is 26.0 Å². The van der Waals surface area contributed by atoms with E-state index < -0.39 is 10.0 Å². The summed E-state index contributed by atoms with van der Waals surface area (Å²) in [6.07, 6.45) is 7.95.